The third-order valence-electron chi connectivity index (χ3n) is 5.35. The van der Waals surface area contributed by atoms with E-state index in [0.717, 1.165) is 4.31 Å². The van der Waals surface area contributed by atoms with Gasteiger partial charge >= 0.3 is 5.97 Å². The number of piperidine rings is 1. The van der Waals surface area contributed by atoms with Crippen molar-refractivity contribution in [2.24, 2.45) is 5.92 Å². The van der Waals surface area contributed by atoms with E-state index < -0.39 is 10.0 Å². The first-order valence-corrected chi connectivity index (χ1v) is 11.4. The predicted molar refractivity (Wildman–Crippen MR) is 115 cm³/mol. The number of hydrogen-bond acceptors (Lipinski definition) is 6. The van der Waals surface area contributed by atoms with Crippen LogP contribution in [0.1, 0.15) is 12.8 Å². The Bertz CT molecular complexity index is 1020. The average molecular weight is 447 g/mol. The highest BCUT2D eigenvalue weighted by molar-refractivity contribution is 7.92. The number of anilines is 1. The standard InChI is InChI=1S/C22H26N2O6S/c1-29-20-11-7-6-10-19(20)24(31(27,28)18-8-4-3-5-9-18)16-21(25)23-14-12-17(13-15-23)22(26)30-2/h3-11,17H,12-16H2,1-2H3. The van der Waals surface area contributed by atoms with Gasteiger partial charge in [0, 0.05) is 13.1 Å². The molecule has 2 aromatic carbocycles. The second kappa shape index (κ2) is 9.82. The molecule has 0 radical (unpaired) electrons. The molecule has 166 valence electrons. The number of ether oxygens (including phenoxy) is 2. The van der Waals surface area contributed by atoms with Gasteiger partial charge in [0.1, 0.15) is 12.3 Å². The van der Waals surface area contributed by atoms with Crippen molar-refractivity contribution in [2.75, 3.05) is 38.2 Å². The highest BCUT2D eigenvalue weighted by Crippen LogP contribution is 2.32. The Hall–Kier alpha value is -3.07. The number of benzene rings is 2. The van der Waals surface area contributed by atoms with Crippen LogP contribution < -0.4 is 9.04 Å². The molecule has 31 heavy (non-hydrogen) atoms. The van der Waals surface area contributed by atoms with Gasteiger partial charge in [0.05, 0.1) is 30.7 Å². The van der Waals surface area contributed by atoms with Gasteiger partial charge in [0.2, 0.25) is 5.91 Å². The predicted octanol–water partition coefficient (Wildman–Crippen LogP) is 2.30. The zero-order valence-corrected chi connectivity index (χ0v) is 18.4. The van der Waals surface area contributed by atoms with Crippen molar-refractivity contribution in [3.63, 3.8) is 0 Å². The van der Waals surface area contributed by atoms with Crippen LogP contribution in [0.3, 0.4) is 0 Å². The summed E-state index contributed by atoms with van der Waals surface area (Å²) in [7, 11) is -1.22. The van der Waals surface area contributed by atoms with Gasteiger partial charge in [-0.2, -0.15) is 0 Å². The number of esters is 1. The highest BCUT2D eigenvalue weighted by Gasteiger charge is 2.33. The SMILES string of the molecule is COC(=O)C1CCN(C(=O)CN(c2ccccc2OC)S(=O)(=O)c2ccccc2)CC1. The highest BCUT2D eigenvalue weighted by atomic mass is 32.2. The van der Waals surface area contributed by atoms with Crippen LogP contribution >= 0.6 is 0 Å². The molecule has 0 atom stereocenters. The van der Waals surface area contributed by atoms with Gasteiger partial charge < -0.3 is 14.4 Å². The van der Waals surface area contributed by atoms with Gasteiger partial charge in [-0.25, -0.2) is 8.42 Å². The molecule has 1 fully saturated rings. The van der Waals surface area contributed by atoms with Gasteiger partial charge in [-0.15, -0.1) is 0 Å². The molecule has 1 heterocycles. The number of likely N-dealkylation sites (tertiary alicyclic amines) is 1. The molecule has 1 aliphatic rings. The molecule has 0 spiro atoms. The second-order valence-corrected chi connectivity index (χ2v) is 9.04. The van der Waals surface area contributed by atoms with E-state index in [1.54, 1.807) is 47.4 Å². The van der Waals surface area contributed by atoms with E-state index >= 15 is 0 Å². The van der Waals surface area contributed by atoms with E-state index in [2.05, 4.69) is 0 Å². The molecule has 2 aromatic rings. The molecule has 0 N–H and O–H groups in total. The fourth-order valence-electron chi connectivity index (χ4n) is 3.61. The summed E-state index contributed by atoms with van der Waals surface area (Å²) < 4.78 is 38.1. The number of rotatable bonds is 7. The topological polar surface area (TPSA) is 93.2 Å². The quantitative estimate of drug-likeness (QED) is 0.606. The van der Waals surface area contributed by atoms with Crippen molar-refractivity contribution in [1.29, 1.82) is 0 Å². The first kappa shape index (κ1) is 22.6. The Morgan fingerprint density at radius 2 is 1.61 bits per heavy atom. The van der Waals surface area contributed by atoms with Gasteiger partial charge in [-0.1, -0.05) is 30.3 Å². The number of sulfonamides is 1. The smallest absolute Gasteiger partial charge is 0.308 e. The van der Waals surface area contributed by atoms with E-state index in [9.17, 15) is 18.0 Å². The normalized spacial score (nSPS) is 14.7. The van der Waals surface area contributed by atoms with Crippen LogP contribution in [0.2, 0.25) is 0 Å². The van der Waals surface area contributed by atoms with Crippen molar-refractivity contribution in [1.82, 2.24) is 4.90 Å². The van der Waals surface area contributed by atoms with Crippen LogP contribution in [0.5, 0.6) is 5.75 Å². The van der Waals surface area contributed by atoms with Crippen molar-refractivity contribution in [3.05, 3.63) is 54.6 Å². The van der Waals surface area contributed by atoms with E-state index in [1.165, 1.54) is 26.4 Å². The maximum atomic E-state index is 13.4. The minimum atomic E-state index is -4.02. The molecule has 9 heteroatoms. The van der Waals surface area contributed by atoms with E-state index in [-0.39, 0.29) is 34.9 Å². The van der Waals surface area contributed by atoms with E-state index in [1.807, 2.05) is 0 Å². The summed E-state index contributed by atoms with van der Waals surface area (Å²) in [5, 5.41) is 0. The lowest BCUT2D eigenvalue weighted by molar-refractivity contribution is -0.148. The zero-order chi connectivity index (χ0) is 22.4. The fraction of sp³-hybridized carbons (Fsp3) is 0.364. The molecule has 0 saturated carbocycles. The summed E-state index contributed by atoms with van der Waals surface area (Å²) in [5.41, 5.74) is 0.284. The molecule has 1 saturated heterocycles. The Kier molecular flexibility index (Phi) is 7.17. The molecular weight excluding hydrogens is 420 g/mol. The molecule has 0 aliphatic carbocycles. The minimum Gasteiger partial charge on any atom is -0.495 e. The number of para-hydroxylation sites is 2. The zero-order valence-electron chi connectivity index (χ0n) is 17.6. The number of carbonyl (C=O) groups excluding carboxylic acids is 2. The number of methoxy groups -OCH3 is 2. The van der Waals surface area contributed by atoms with Crippen LogP contribution in [0.25, 0.3) is 0 Å². The summed E-state index contributed by atoms with van der Waals surface area (Å²) in [6.45, 7) is 0.355. The summed E-state index contributed by atoms with van der Waals surface area (Å²) in [4.78, 5) is 26.5. The summed E-state index contributed by atoms with van der Waals surface area (Å²) in [6, 6.07) is 14.6. The Balaban J connectivity index is 1.88. The first-order valence-electron chi connectivity index (χ1n) is 9.95. The van der Waals surface area contributed by atoms with Gasteiger partial charge in [-0.05, 0) is 37.1 Å². The summed E-state index contributed by atoms with van der Waals surface area (Å²) >= 11 is 0. The lowest BCUT2D eigenvalue weighted by Crippen LogP contribution is -2.46. The number of amides is 1. The molecule has 1 aliphatic heterocycles. The third-order valence-corrected chi connectivity index (χ3v) is 7.12. The molecule has 0 aromatic heterocycles. The Morgan fingerprint density at radius 1 is 1.00 bits per heavy atom. The van der Waals surface area contributed by atoms with E-state index in [4.69, 9.17) is 9.47 Å². The monoisotopic (exact) mass is 446 g/mol. The average Bonchev–Trinajstić information content (AvgIpc) is 2.82. The molecule has 3 rings (SSSR count). The van der Waals surface area contributed by atoms with Gasteiger partial charge in [0.15, 0.2) is 0 Å². The molecular formula is C22H26N2O6S. The van der Waals surface area contributed by atoms with Crippen LogP contribution in [-0.2, 0) is 24.3 Å². The first-order chi connectivity index (χ1) is 14.9. The fourth-order valence-corrected chi connectivity index (χ4v) is 5.05. The summed E-state index contributed by atoms with van der Waals surface area (Å²) in [5.74, 6) is -0.519. The molecule has 8 nitrogen and oxygen atoms in total. The van der Waals surface area contributed by atoms with Crippen LogP contribution in [0.15, 0.2) is 59.5 Å². The molecule has 0 unspecified atom stereocenters. The second-order valence-electron chi connectivity index (χ2n) is 7.17. The van der Waals surface area contributed by atoms with E-state index in [0.29, 0.717) is 31.7 Å². The third kappa shape index (κ3) is 4.99. The number of carbonyl (C=O) groups is 2. The largest absolute Gasteiger partial charge is 0.495 e. The Morgan fingerprint density at radius 3 is 2.23 bits per heavy atom. The Labute approximate surface area is 182 Å². The molecule has 1 amide bonds. The van der Waals surface area contributed by atoms with Crippen molar-refractivity contribution in [3.8, 4) is 5.75 Å². The van der Waals surface area contributed by atoms with Crippen molar-refractivity contribution in [2.45, 2.75) is 17.7 Å². The van der Waals surface area contributed by atoms with Crippen LogP contribution in [0, 0.1) is 5.92 Å². The van der Waals surface area contributed by atoms with Crippen LogP contribution in [-0.4, -0.2) is 59.0 Å². The van der Waals surface area contributed by atoms with Gasteiger partial charge in [0.25, 0.3) is 10.0 Å². The van der Waals surface area contributed by atoms with Crippen molar-refractivity contribution < 1.29 is 27.5 Å². The minimum absolute atomic E-state index is 0.0816. The van der Waals surface area contributed by atoms with Crippen LogP contribution in [0.4, 0.5) is 5.69 Å². The molecule has 0 bridgehead atoms. The lowest BCUT2D eigenvalue weighted by Gasteiger charge is -2.33. The van der Waals surface area contributed by atoms with Gasteiger partial charge in [-0.3, -0.25) is 13.9 Å². The number of nitrogens with zero attached hydrogens (tertiary/aromatic N) is 2. The van der Waals surface area contributed by atoms with Crippen molar-refractivity contribution >= 4 is 27.6 Å². The maximum absolute atomic E-state index is 13.4. The number of hydrogen-bond donors (Lipinski definition) is 0. The summed E-state index contributed by atoms with van der Waals surface area (Å²) in [6.07, 6.45) is 0.969. The lowest BCUT2D eigenvalue weighted by atomic mass is 9.97. The maximum Gasteiger partial charge on any atom is 0.308 e.